The van der Waals surface area contributed by atoms with Crippen molar-refractivity contribution in [1.29, 1.82) is 0 Å². The summed E-state index contributed by atoms with van der Waals surface area (Å²) in [6.45, 7) is 2.05. The fourth-order valence-electron chi connectivity index (χ4n) is 1.62. The highest BCUT2D eigenvalue weighted by atomic mass is 16.7. The third-order valence-corrected chi connectivity index (χ3v) is 2.44. The molecule has 0 radical (unpaired) electrons. The van der Waals surface area contributed by atoms with Crippen LogP contribution in [-0.4, -0.2) is 27.5 Å². The van der Waals surface area contributed by atoms with Crippen molar-refractivity contribution in [3.05, 3.63) is 36.2 Å². The highest BCUT2D eigenvalue weighted by molar-refractivity contribution is 5.58. The summed E-state index contributed by atoms with van der Waals surface area (Å²) in [4.78, 5) is 10.3. The van der Waals surface area contributed by atoms with Gasteiger partial charge in [-0.05, 0) is 12.1 Å². The molecule has 0 bridgehead atoms. The number of hydrogen-bond acceptors (Lipinski definition) is 3. The molecule has 0 spiro atoms. The monoisotopic (exact) mass is 220 g/mol. The zero-order chi connectivity index (χ0) is 11.5. The molecule has 84 valence electrons. The van der Waals surface area contributed by atoms with Crippen molar-refractivity contribution in [3.63, 3.8) is 0 Å². The van der Waals surface area contributed by atoms with Crippen LogP contribution < -0.4 is 0 Å². The van der Waals surface area contributed by atoms with Crippen molar-refractivity contribution in [2.45, 2.75) is 12.8 Å². The second-order valence-electron chi connectivity index (χ2n) is 3.61. The summed E-state index contributed by atoms with van der Waals surface area (Å²) in [5.74, 6) is -0.00370. The van der Waals surface area contributed by atoms with E-state index in [0.717, 1.165) is 11.1 Å². The van der Waals surface area contributed by atoms with E-state index in [2.05, 4.69) is 9.84 Å². The largest absolute Gasteiger partial charge is 0.505 e. The van der Waals surface area contributed by atoms with Gasteiger partial charge in [-0.2, -0.15) is 5.10 Å². The van der Waals surface area contributed by atoms with E-state index >= 15 is 0 Å². The SMILES string of the molecule is CC(COC(=O)O)c1cnn2ccccc12. The van der Waals surface area contributed by atoms with Crippen LogP contribution in [-0.2, 0) is 4.74 Å². The molecule has 0 aromatic carbocycles. The van der Waals surface area contributed by atoms with E-state index in [9.17, 15) is 4.79 Å². The second-order valence-corrected chi connectivity index (χ2v) is 3.61. The van der Waals surface area contributed by atoms with Gasteiger partial charge in [0.05, 0.1) is 11.7 Å². The molecule has 1 unspecified atom stereocenters. The summed E-state index contributed by atoms with van der Waals surface area (Å²) in [5.41, 5.74) is 1.96. The van der Waals surface area contributed by atoms with Crippen LogP contribution in [0, 0.1) is 0 Å². The van der Waals surface area contributed by atoms with E-state index in [1.807, 2.05) is 31.3 Å². The molecule has 2 heterocycles. The molecule has 0 fully saturated rings. The number of ether oxygens (including phenoxy) is 1. The van der Waals surface area contributed by atoms with Crippen molar-refractivity contribution in [3.8, 4) is 0 Å². The maximum atomic E-state index is 10.3. The number of carboxylic acid groups (broad SMARTS) is 1. The van der Waals surface area contributed by atoms with E-state index in [1.54, 1.807) is 10.7 Å². The lowest BCUT2D eigenvalue weighted by molar-refractivity contribution is 0.0873. The summed E-state index contributed by atoms with van der Waals surface area (Å²) in [6, 6.07) is 5.76. The van der Waals surface area contributed by atoms with Crippen LogP contribution in [0.3, 0.4) is 0 Å². The lowest BCUT2D eigenvalue weighted by atomic mass is 10.0. The summed E-state index contributed by atoms with van der Waals surface area (Å²) in [6.07, 6.45) is 2.35. The quantitative estimate of drug-likeness (QED) is 0.805. The van der Waals surface area contributed by atoms with Crippen molar-refractivity contribution >= 4 is 11.7 Å². The first kappa shape index (κ1) is 10.5. The standard InChI is InChI=1S/C11H12N2O3/c1-8(7-16-11(14)15)9-6-12-13-5-3-2-4-10(9)13/h2-6,8H,7H2,1H3,(H,14,15). The number of carbonyl (C=O) groups is 1. The Morgan fingerprint density at radius 2 is 2.44 bits per heavy atom. The molecular weight excluding hydrogens is 208 g/mol. The lowest BCUT2D eigenvalue weighted by Crippen LogP contribution is -2.08. The number of hydrogen-bond donors (Lipinski definition) is 1. The minimum Gasteiger partial charge on any atom is -0.450 e. The minimum atomic E-state index is -1.25. The number of rotatable bonds is 3. The van der Waals surface area contributed by atoms with Gasteiger partial charge in [0.2, 0.25) is 0 Å². The van der Waals surface area contributed by atoms with Gasteiger partial charge in [0.1, 0.15) is 6.61 Å². The number of fused-ring (bicyclic) bond motifs is 1. The molecule has 2 aromatic rings. The predicted octanol–water partition coefficient (Wildman–Crippen LogP) is 2.13. The van der Waals surface area contributed by atoms with Crippen LogP contribution in [0.1, 0.15) is 18.4 Å². The summed E-state index contributed by atoms with van der Waals surface area (Å²) < 4.78 is 6.31. The molecule has 1 N–H and O–H groups in total. The van der Waals surface area contributed by atoms with Gasteiger partial charge in [0.15, 0.2) is 0 Å². The predicted molar refractivity (Wildman–Crippen MR) is 57.6 cm³/mol. The number of pyridine rings is 1. The van der Waals surface area contributed by atoms with Crippen LogP contribution in [0.25, 0.3) is 5.52 Å². The highest BCUT2D eigenvalue weighted by Gasteiger charge is 2.13. The van der Waals surface area contributed by atoms with Crippen LogP contribution in [0.4, 0.5) is 4.79 Å². The van der Waals surface area contributed by atoms with Gasteiger partial charge in [-0.25, -0.2) is 9.31 Å². The second kappa shape index (κ2) is 4.22. The van der Waals surface area contributed by atoms with E-state index in [0.29, 0.717) is 0 Å². The van der Waals surface area contributed by atoms with Gasteiger partial charge in [-0.3, -0.25) is 0 Å². The third-order valence-electron chi connectivity index (χ3n) is 2.44. The molecule has 0 saturated carbocycles. The first-order valence-corrected chi connectivity index (χ1v) is 4.96. The van der Waals surface area contributed by atoms with Crippen LogP contribution in [0.2, 0.25) is 0 Å². The summed E-state index contributed by atoms with van der Waals surface area (Å²) >= 11 is 0. The van der Waals surface area contributed by atoms with Gasteiger partial charge in [0, 0.05) is 17.7 Å². The van der Waals surface area contributed by atoms with E-state index < -0.39 is 6.16 Å². The summed E-state index contributed by atoms with van der Waals surface area (Å²) in [5, 5.41) is 12.6. The molecular formula is C11H12N2O3. The Labute approximate surface area is 92.3 Å². The Bertz CT molecular complexity index is 507. The zero-order valence-corrected chi connectivity index (χ0v) is 8.83. The van der Waals surface area contributed by atoms with Gasteiger partial charge in [-0.1, -0.05) is 13.0 Å². The van der Waals surface area contributed by atoms with E-state index in [-0.39, 0.29) is 12.5 Å². The molecule has 5 nitrogen and oxygen atoms in total. The molecule has 1 atom stereocenters. The van der Waals surface area contributed by atoms with Gasteiger partial charge in [0.25, 0.3) is 0 Å². The van der Waals surface area contributed by atoms with Crippen molar-refractivity contribution in [2.75, 3.05) is 6.61 Å². The van der Waals surface area contributed by atoms with Gasteiger partial charge in [-0.15, -0.1) is 0 Å². The van der Waals surface area contributed by atoms with E-state index in [1.165, 1.54) is 0 Å². The molecule has 0 amide bonds. The Balaban J connectivity index is 2.22. The van der Waals surface area contributed by atoms with E-state index in [4.69, 9.17) is 5.11 Å². The normalized spacial score (nSPS) is 12.6. The molecule has 16 heavy (non-hydrogen) atoms. The van der Waals surface area contributed by atoms with Crippen molar-refractivity contribution < 1.29 is 14.6 Å². The summed E-state index contributed by atoms with van der Waals surface area (Å²) in [7, 11) is 0. The first-order valence-electron chi connectivity index (χ1n) is 4.96. The van der Waals surface area contributed by atoms with Gasteiger partial charge < -0.3 is 9.84 Å². The number of aromatic nitrogens is 2. The Morgan fingerprint density at radius 1 is 1.62 bits per heavy atom. The lowest BCUT2D eigenvalue weighted by Gasteiger charge is -2.08. The fourth-order valence-corrected chi connectivity index (χ4v) is 1.62. The van der Waals surface area contributed by atoms with Gasteiger partial charge >= 0.3 is 6.16 Å². The Hall–Kier alpha value is -2.04. The minimum absolute atomic E-state index is 0.00370. The maximum absolute atomic E-state index is 10.3. The van der Waals surface area contributed by atoms with Crippen LogP contribution in [0.15, 0.2) is 30.6 Å². The molecule has 2 aromatic heterocycles. The molecule has 2 rings (SSSR count). The Kier molecular flexibility index (Phi) is 2.76. The highest BCUT2D eigenvalue weighted by Crippen LogP contribution is 2.20. The molecule has 0 aliphatic heterocycles. The topological polar surface area (TPSA) is 63.8 Å². The molecule has 0 aliphatic rings. The molecule has 0 saturated heterocycles. The smallest absolute Gasteiger partial charge is 0.450 e. The average molecular weight is 220 g/mol. The zero-order valence-electron chi connectivity index (χ0n) is 8.83. The first-order chi connectivity index (χ1) is 7.68. The van der Waals surface area contributed by atoms with Crippen molar-refractivity contribution in [2.24, 2.45) is 0 Å². The van der Waals surface area contributed by atoms with Crippen LogP contribution >= 0.6 is 0 Å². The maximum Gasteiger partial charge on any atom is 0.505 e. The molecule has 0 aliphatic carbocycles. The average Bonchev–Trinajstić information content (AvgIpc) is 2.69. The Morgan fingerprint density at radius 3 is 3.19 bits per heavy atom. The molecule has 5 heteroatoms. The number of nitrogens with zero attached hydrogens (tertiary/aromatic N) is 2. The third kappa shape index (κ3) is 1.98. The fraction of sp³-hybridized carbons (Fsp3) is 0.273. The van der Waals surface area contributed by atoms with Crippen LogP contribution in [0.5, 0.6) is 0 Å². The van der Waals surface area contributed by atoms with Crippen molar-refractivity contribution in [1.82, 2.24) is 9.61 Å².